The minimum absolute atomic E-state index is 0. The van der Waals surface area contributed by atoms with E-state index >= 15 is 0 Å². The predicted molar refractivity (Wildman–Crippen MR) is 104 cm³/mol. The lowest BCUT2D eigenvalue weighted by atomic mass is 9.94. The van der Waals surface area contributed by atoms with Gasteiger partial charge in [-0.25, -0.2) is 0 Å². The van der Waals surface area contributed by atoms with Gasteiger partial charge in [0.2, 0.25) is 5.91 Å². The van der Waals surface area contributed by atoms with Crippen LogP contribution in [0.25, 0.3) is 0 Å². The molecule has 6 heteroatoms. The highest BCUT2D eigenvalue weighted by atomic mass is 35.5. The third-order valence-electron chi connectivity index (χ3n) is 4.76. The first-order valence-corrected chi connectivity index (χ1v) is 8.74. The van der Waals surface area contributed by atoms with Crippen LogP contribution in [0.15, 0.2) is 0 Å². The van der Waals surface area contributed by atoms with Gasteiger partial charge in [-0.3, -0.25) is 4.79 Å². The molecule has 1 saturated carbocycles. The van der Waals surface area contributed by atoms with Gasteiger partial charge in [-0.15, -0.1) is 24.8 Å². The van der Waals surface area contributed by atoms with E-state index in [-0.39, 0.29) is 30.7 Å². The molecule has 2 atom stereocenters. The summed E-state index contributed by atoms with van der Waals surface area (Å²) in [5, 5.41) is 0. The van der Waals surface area contributed by atoms with E-state index in [9.17, 15) is 4.79 Å². The van der Waals surface area contributed by atoms with Gasteiger partial charge in [0.15, 0.2) is 0 Å². The fourth-order valence-electron chi connectivity index (χ4n) is 3.41. The summed E-state index contributed by atoms with van der Waals surface area (Å²) in [6, 6.07) is 0. The van der Waals surface area contributed by atoms with Gasteiger partial charge in [0, 0.05) is 25.6 Å². The van der Waals surface area contributed by atoms with Crippen LogP contribution in [-0.4, -0.2) is 55.0 Å². The molecule has 2 N–H and O–H groups in total. The number of amides is 1. The molecule has 0 spiro atoms. The summed E-state index contributed by atoms with van der Waals surface area (Å²) in [6.45, 7) is 14.2. The largest absolute Gasteiger partial charge is 0.341 e. The zero-order chi connectivity index (χ0) is 15.8. The van der Waals surface area contributed by atoms with Gasteiger partial charge in [0.1, 0.15) is 0 Å². The fraction of sp³-hybridized carbons (Fsp3) is 0.941. The van der Waals surface area contributed by atoms with Gasteiger partial charge in [0.05, 0.1) is 0 Å². The number of likely N-dealkylation sites (N-methyl/N-ethyl adjacent to an activating group) is 1. The summed E-state index contributed by atoms with van der Waals surface area (Å²) in [6.07, 6.45) is 3.31. The maximum absolute atomic E-state index is 12.9. The van der Waals surface area contributed by atoms with Crippen molar-refractivity contribution >= 4 is 30.7 Å². The van der Waals surface area contributed by atoms with Crippen molar-refractivity contribution in [3.63, 3.8) is 0 Å². The Labute approximate surface area is 155 Å². The minimum Gasteiger partial charge on any atom is -0.341 e. The second-order valence-electron chi connectivity index (χ2n) is 6.74. The molecular formula is C17H37Cl2N3O. The molecule has 0 aromatic heterocycles. The quantitative estimate of drug-likeness (QED) is 0.679. The lowest BCUT2D eigenvalue weighted by Gasteiger charge is -2.31. The van der Waals surface area contributed by atoms with Gasteiger partial charge in [-0.2, -0.15) is 0 Å². The molecule has 0 unspecified atom stereocenters. The van der Waals surface area contributed by atoms with E-state index in [1.807, 2.05) is 0 Å². The lowest BCUT2D eigenvalue weighted by Crippen LogP contribution is -2.44. The highest BCUT2D eigenvalue weighted by Crippen LogP contribution is 2.32. The Bertz CT molecular complexity index is 312. The summed E-state index contributed by atoms with van der Waals surface area (Å²) in [7, 11) is 0. The smallest absolute Gasteiger partial charge is 0.226 e. The van der Waals surface area contributed by atoms with Crippen LogP contribution in [0, 0.1) is 17.8 Å². The standard InChI is InChI=1S/C17H35N3O.2ClH/c1-5-19(6-2)10-11-20(13-14(3)4)17(21)16-9-7-8-15(16)12-18;;/h14-16H,5-13,18H2,1-4H3;2*1H/t15-,16-;;/m1../s1. The maximum Gasteiger partial charge on any atom is 0.226 e. The van der Waals surface area contributed by atoms with Crippen molar-refractivity contribution < 1.29 is 4.79 Å². The summed E-state index contributed by atoms with van der Waals surface area (Å²) in [5.74, 6) is 1.44. The molecule has 1 aliphatic rings. The lowest BCUT2D eigenvalue weighted by molar-refractivity contribution is -0.137. The van der Waals surface area contributed by atoms with Gasteiger partial charge >= 0.3 is 0 Å². The van der Waals surface area contributed by atoms with Gasteiger partial charge < -0.3 is 15.5 Å². The zero-order valence-corrected chi connectivity index (χ0v) is 16.9. The van der Waals surface area contributed by atoms with Crippen LogP contribution in [0.1, 0.15) is 47.0 Å². The summed E-state index contributed by atoms with van der Waals surface area (Å²) in [4.78, 5) is 17.4. The van der Waals surface area contributed by atoms with Crippen molar-refractivity contribution in [3.05, 3.63) is 0 Å². The van der Waals surface area contributed by atoms with Crippen molar-refractivity contribution in [1.82, 2.24) is 9.80 Å². The fourth-order valence-corrected chi connectivity index (χ4v) is 3.41. The molecule has 1 rings (SSSR count). The normalized spacial score (nSPS) is 20.3. The van der Waals surface area contributed by atoms with Crippen molar-refractivity contribution in [1.29, 1.82) is 0 Å². The van der Waals surface area contributed by atoms with Gasteiger partial charge in [-0.1, -0.05) is 34.1 Å². The Hall–Kier alpha value is -0.0300. The molecule has 0 radical (unpaired) electrons. The number of rotatable bonds is 9. The predicted octanol–water partition coefficient (Wildman–Crippen LogP) is 3.03. The van der Waals surface area contributed by atoms with E-state index in [1.165, 1.54) is 0 Å². The minimum atomic E-state index is 0. The van der Waals surface area contributed by atoms with Crippen LogP contribution < -0.4 is 5.73 Å². The Balaban J connectivity index is 0. The molecule has 4 nitrogen and oxygen atoms in total. The summed E-state index contributed by atoms with van der Waals surface area (Å²) >= 11 is 0. The van der Waals surface area contributed by atoms with Crippen LogP contribution in [-0.2, 0) is 4.79 Å². The molecule has 0 aliphatic heterocycles. The average molecular weight is 370 g/mol. The van der Waals surface area contributed by atoms with Crippen LogP contribution >= 0.6 is 24.8 Å². The first-order valence-electron chi connectivity index (χ1n) is 8.74. The molecule has 23 heavy (non-hydrogen) atoms. The zero-order valence-electron chi connectivity index (χ0n) is 15.3. The van der Waals surface area contributed by atoms with Crippen molar-refractivity contribution in [3.8, 4) is 0 Å². The monoisotopic (exact) mass is 369 g/mol. The molecule has 140 valence electrons. The van der Waals surface area contributed by atoms with Crippen LogP contribution in [0.5, 0.6) is 0 Å². The number of hydrogen-bond donors (Lipinski definition) is 1. The second kappa shape index (κ2) is 13.3. The first-order chi connectivity index (χ1) is 10.0. The van der Waals surface area contributed by atoms with E-state index in [4.69, 9.17) is 5.73 Å². The molecule has 0 bridgehead atoms. The topological polar surface area (TPSA) is 49.6 Å². The highest BCUT2D eigenvalue weighted by Gasteiger charge is 2.34. The molecule has 1 fully saturated rings. The molecule has 0 saturated heterocycles. The number of hydrogen-bond acceptors (Lipinski definition) is 3. The first kappa shape index (κ1) is 25.2. The Morgan fingerprint density at radius 3 is 2.22 bits per heavy atom. The molecular weight excluding hydrogens is 333 g/mol. The third kappa shape index (κ3) is 8.06. The van der Waals surface area contributed by atoms with E-state index in [0.29, 0.717) is 24.3 Å². The second-order valence-corrected chi connectivity index (χ2v) is 6.74. The molecule has 0 heterocycles. The maximum atomic E-state index is 12.9. The van der Waals surface area contributed by atoms with Crippen molar-refractivity contribution in [2.24, 2.45) is 23.5 Å². The Kier molecular flexibility index (Phi) is 14.6. The van der Waals surface area contributed by atoms with E-state index < -0.39 is 0 Å². The number of carbonyl (C=O) groups is 1. The number of nitrogens with two attached hydrogens (primary N) is 1. The van der Waals surface area contributed by atoms with E-state index in [2.05, 4.69) is 37.5 Å². The summed E-state index contributed by atoms with van der Waals surface area (Å²) < 4.78 is 0. The van der Waals surface area contributed by atoms with E-state index in [0.717, 1.165) is 52.0 Å². The van der Waals surface area contributed by atoms with Crippen LogP contribution in [0.4, 0.5) is 0 Å². The van der Waals surface area contributed by atoms with Gasteiger partial charge in [-0.05, 0) is 44.3 Å². The third-order valence-corrected chi connectivity index (χ3v) is 4.76. The molecule has 1 amide bonds. The number of halogens is 2. The van der Waals surface area contributed by atoms with Crippen LogP contribution in [0.3, 0.4) is 0 Å². The van der Waals surface area contributed by atoms with Gasteiger partial charge in [0.25, 0.3) is 0 Å². The number of nitrogens with zero attached hydrogens (tertiary/aromatic N) is 2. The summed E-state index contributed by atoms with van der Waals surface area (Å²) in [5.41, 5.74) is 5.85. The SMILES string of the molecule is CCN(CC)CCN(CC(C)C)C(=O)[C@@H]1CCC[C@@H]1CN.Cl.Cl. The van der Waals surface area contributed by atoms with Crippen LogP contribution in [0.2, 0.25) is 0 Å². The average Bonchev–Trinajstić information content (AvgIpc) is 2.94. The van der Waals surface area contributed by atoms with Crippen molar-refractivity contribution in [2.75, 3.05) is 39.3 Å². The highest BCUT2D eigenvalue weighted by molar-refractivity contribution is 5.85. The molecule has 0 aromatic rings. The van der Waals surface area contributed by atoms with Crippen molar-refractivity contribution in [2.45, 2.75) is 47.0 Å². The molecule has 0 aromatic carbocycles. The number of carbonyl (C=O) groups excluding carboxylic acids is 1. The van der Waals surface area contributed by atoms with E-state index in [1.54, 1.807) is 0 Å². The Morgan fingerprint density at radius 2 is 1.74 bits per heavy atom. The Morgan fingerprint density at radius 1 is 1.13 bits per heavy atom. The molecule has 1 aliphatic carbocycles.